The smallest absolute Gasteiger partial charge is 0.171 e. The number of benzene rings is 5. The molecule has 0 atom stereocenters. The molecule has 0 fully saturated rings. The number of halogens is 2. The Morgan fingerprint density at radius 1 is 0.529 bits per heavy atom. The second-order valence-electron chi connectivity index (χ2n) is 11.6. The molecule has 0 aliphatic heterocycles. The molecule has 2 heterocycles. The minimum absolute atomic E-state index is 0. The van der Waals surface area contributed by atoms with Gasteiger partial charge in [0.15, 0.2) is 0 Å². The number of aryl methyl sites for hydroxylation is 2. The van der Waals surface area contributed by atoms with Crippen LogP contribution in [0.1, 0.15) is 11.1 Å². The minimum atomic E-state index is 0. The average molecular weight is 797 g/mol. The monoisotopic (exact) mass is 794 g/mol. The number of para-hydroxylation sites is 2. The zero-order valence-corrected chi connectivity index (χ0v) is 33.9. The first-order valence-electron chi connectivity index (χ1n) is 15.8. The second-order valence-corrected chi connectivity index (χ2v) is 11.6. The Morgan fingerprint density at radius 3 is 1.35 bits per heavy atom. The fraction of sp³-hybridized carbons (Fsp3) is 0.0444. The molecule has 0 saturated heterocycles. The molecule has 51 heavy (non-hydrogen) atoms. The average Bonchev–Trinajstić information content (AvgIpc) is 3.74. The number of rotatable bonds is 2. The summed E-state index contributed by atoms with van der Waals surface area (Å²) in [6.07, 6.45) is 3.94. The molecule has 0 N–H and O–H groups in total. The Hall–Kier alpha value is -4.18. The van der Waals surface area contributed by atoms with Crippen molar-refractivity contribution in [3.8, 4) is 22.3 Å². The Balaban J connectivity index is 0.000000217. The van der Waals surface area contributed by atoms with E-state index in [0.717, 1.165) is 11.0 Å². The first-order valence-corrected chi connectivity index (χ1v) is 20.0. The summed E-state index contributed by atoms with van der Waals surface area (Å²) >= 11 is 1.36. The van der Waals surface area contributed by atoms with Crippen LogP contribution in [0.4, 0.5) is 0 Å². The van der Waals surface area contributed by atoms with Gasteiger partial charge in [-0.3, -0.25) is 9.97 Å². The van der Waals surface area contributed by atoms with E-state index < -0.39 is 0 Å². The van der Waals surface area contributed by atoms with Gasteiger partial charge in [0.1, 0.15) is 0 Å². The topological polar surface area (TPSA) is 25.8 Å². The summed E-state index contributed by atoms with van der Waals surface area (Å²) in [7, 11) is 0. The Labute approximate surface area is 330 Å². The molecule has 0 aliphatic rings. The molecule has 9 rings (SSSR count). The predicted octanol–water partition coefficient (Wildman–Crippen LogP) is 12.6. The Morgan fingerprint density at radius 2 is 0.961 bits per heavy atom. The van der Waals surface area contributed by atoms with E-state index in [2.05, 4.69) is 134 Å². The number of hydrogen-bond donors (Lipinski definition) is 0. The van der Waals surface area contributed by atoms with Crippen molar-refractivity contribution in [2.24, 2.45) is 0 Å². The van der Waals surface area contributed by atoms with Crippen LogP contribution in [0.15, 0.2) is 164 Å². The van der Waals surface area contributed by atoms with E-state index in [-0.39, 0.29) is 32.2 Å². The molecular weight excluding hydrogens is 759 g/mol. The van der Waals surface area contributed by atoms with Gasteiger partial charge in [0.2, 0.25) is 0 Å². The zero-order chi connectivity index (χ0) is 33.3. The third kappa shape index (κ3) is 10.00. The third-order valence-corrected chi connectivity index (χ3v) is 8.20. The first-order chi connectivity index (χ1) is 23.6. The van der Waals surface area contributed by atoms with Crippen LogP contribution in [-0.2, 0) is 23.3 Å². The molecule has 254 valence electrons. The van der Waals surface area contributed by atoms with Crippen molar-refractivity contribution in [2.45, 2.75) is 13.8 Å². The maximum atomic E-state index is 4.57. The number of hydrogen-bond acceptors (Lipinski definition) is 2. The van der Waals surface area contributed by atoms with E-state index in [1.807, 2.05) is 67.0 Å². The van der Waals surface area contributed by atoms with Crippen LogP contribution >= 0.6 is 24.8 Å². The van der Waals surface area contributed by atoms with Crippen LogP contribution in [0.2, 0.25) is 0 Å². The molecule has 2 radical (unpaired) electrons. The fourth-order valence-electron chi connectivity index (χ4n) is 6.05. The maximum absolute atomic E-state index is 4.57. The molecule has 6 heteroatoms. The minimum Gasteiger partial charge on any atom is -0.184 e. The van der Waals surface area contributed by atoms with Crippen molar-refractivity contribution in [1.82, 2.24) is 9.97 Å². The van der Waals surface area contributed by atoms with Gasteiger partial charge in [0.05, 0.1) is 11.0 Å². The van der Waals surface area contributed by atoms with E-state index in [0.29, 0.717) is 0 Å². The van der Waals surface area contributed by atoms with E-state index >= 15 is 0 Å². The molecule has 9 aromatic rings. The first kappa shape index (κ1) is 41.2. The van der Waals surface area contributed by atoms with Gasteiger partial charge in [-0.15, -0.1) is 93.9 Å². The van der Waals surface area contributed by atoms with Gasteiger partial charge >= 0.3 is 30.2 Å². The Kier molecular flexibility index (Phi) is 16.2. The van der Waals surface area contributed by atoms with Crippen LogP contribution in [0.5, 0.6) is 0 Å². The molecule has 0 bridgehead atoms. The normalized spacial score (nSPS) is 9.82. The molecule has 0 spiro atoms. The zero-order valence-electron chi connectivity index (χ0n) is 28.8. The van der Waals surface area contributed by atoms with E-state index in [9.17, 15) is 0 Å². The predicted molar refractivity (Wildman–Crippen MR) is 222 cm³/mol. The molecule has 0 aliphatic carbocycles. The number of fused-ring (bicyclic) bond motifs is 4. The van der Waals surface area contributed by atoms with E-state index in [1.54, 1.807) is 0 Å². The van der Waals surface area contributed by atoms with Crippen LogP contribution in [0.3, 0.4) is 0 Å². The van der Waals surface area contributed by atoms with Gasteiger partial charge in [0.25, 0.3) is 0 Å². The summed E-state index contributed by atoms with van der Waals surface area (Å²) in [4.78, 5) is 9.14. The van der Waals surface area contributed by atoms with Gasteiger partial charge in [0, 0.05) is 23.2 Å². The summed E-state index contributed by atoms with van der Waals surface area (Å²) in [5.41, 5.74) is 9.58. The molecule has 0 saturated carbocycles. The number of pyridine rings is 2. The third-order valence-electron chi connectivity index (χ3n) is 8.20. The SMILES string of the molecule is Cc1cc2c(-c3cnc4ccccc4c3)cccc2[cH-]1.Cc1cc2c(-c3cnc4ccccc4c3)cccc2[cH-]1.Cl.Cl.[CH3-].[Si]=[Zr].[c-]1ccccc1. The quantitative estimate of drug-likeness (QED) is 0.129. The molecule has 2 aromatic heterocycles. The van der Waals surface area contributed by atoms with Gasteiger partial charge in [-0.05, 0) is 35.4 Å². The van der Waals surface area contributed by atoms with Crippen molar-refractivity contribution in [3.05, 3.63) is 189 Å². The molecular formula is C45H38Cl2N2SiZr-4. The summed E-state index contributed by atoms with van der Waals surface area (Å²) < 4.78 is 0. The van der Waals surface area contributed by atoms with E-state index in [4.69, 9.17) is 0 Å². The van der Waals surface area contributed by atoms with Crippen LogP contribution in [0.25, 0.3) is 65.6 Å². The van der Waals surface area contributed by atoms with E-state index in [1.165, 1.54) is 89.0 Å². The van der Waals surface area contributed by atoms with Crippen LogP contribution in [0, 0.1) is 27.3 Å². The number of aromatic nitrogens is 2. The Bertz CT molecular complexity index is 2250. The van der Waals surface area contributed by atoms with Crippen molar-refractivity contribution in [3.63, 3.8) is 0 Å². The molecule has 7 aromatic carbocycles. The van der Waals surface area contributed by atoms with Crippen LogP contribution in [-0.4, -0.2) is 16.8 Å². The number of nitrogens with zero attached hydrogens (tertiary/aromatic N) is 2. The second kappa shape index (κ2) is 20.0. The fourth-order valence-corrected chi connectivity index (χ4v) is 6.05. The molecule has 0 amide bonds. The van der Waals surface area contributed by atoms with Gasteiger partial charge in [-0.2, -0.15) is 48.5 Å². The van der Waals surface area contributed by atoms with Gasteiger partial charge in [-0.25, -0.2) is 0 Å². The van der Waals surface area contributed by atoms with Crippen molar-refractivity contribution < 1.29 is 23.3 Å². The maximum Gasteiger partial charge on any atom is -0.171 e. The molecule has 2 nitrogen and oxygen atoms in total. The largest absolute Gasteiger partial charge is 0.184 e. The molecule has 0 unspecified atom stereocenters. The summed E-state index contributed by atoms with van der Waals surface area (Å²) in [5.74, 6) is 0. The summed E-state index contributed by atoms with van der Waals surface area (Å²) in [6, 6.07) is 55.3. The van der Waals surface area contributed by atoms with Crippen molar-refractivity contribution in [2.75, 3.05) is 0 Å². The van der Waals surface area contributed by atoms with Gasteiger partial charge < -0.3 is 7.43 Å². The summed E-state index contributed by atoms with van der Waals surface area (Å²) in [6.45, 7) is 7.34. The van der Waals surface area contributed by atoms with Crippen LogP contribution < -0.4 is 0 Å². The van der Waals surface area contributed by atoms with Gasteiger partial charge in [-0.1, -0.05) is 73.5 Å². The van der Waals surface area contributed by atoms with Crippen molar-refractivity contribution >= 4 is 75.0 Å². The standard InChI is InChI=1S/2C19H14N.C6H5.CH3.2ClH.Si.Zr/c2*1-13-9-14-6-4-7-17(18(14)10-13)16-11-15-5-2-3-8-19(15)20-12-16;1-2-4-6-5-3-1;;;;;/h2*2-12H,1H3;1-5H;1H3;2*1H;;/q4*-1;;;;. The van der Waals surface area contributed by atoms with Crippen molar-refractivity contribution in [1.29, 1.82) is 0 Å². The summed E-state index contributed by atoms with van der Waals surface area (Å²) in [5, 5.41) is 7.58.